The molecule has 3 aromatic rings. The molecule has 0 atom stereocenters. The Morgan fingerprint density at radius 3 is 2.66 bits per heavy atom. The fourth-order valence-electron chi connectivity index (χ4n) is 3.22. The van der Waals surface area contributed by atoms with Gasteiger partial charge in [0.1, 0.15) is 0 Å². The maximum atomic E-state index is 13.3. The molecule has 0 radical (unpaired) electrons. The summed E-state index contributed by atoms with van der Waals surface area (Å²) in [6, 6.07) is 14.6. The number of fused-ring (bicyclic) bond motifs is 1. The number of nitrogens with one attached hydrogen (secondary N) is 1. The van der Waals surface area contributed by atoms with E-state index in [4.69, 9.17) is 4.74 Å². The van der Waals surface area contributed by atoms with Crippen LogP contribution in [0.3, 0.4) is 0 Å². The molecule has 0 aliphatic heterocycles. The molecule has 32 heavy (non-hydrogen) atoms. The standard InChI is InChI=1S/C24H27N3O4S/c1-3-4-13-25-21(28)16-32-24-26-20-15-18(23(30)31-2)10-11-19(20)22(29)27(24)14-12-17-8-6-5-7-9-17/h5-11,15H,3-4,12-14,16H2,1-2H3,(H,25,28). The normalized spacial score (nSPS) is 10.8. The fraction of sp³-hybridized carbons (Fsp3) is 0.333. The molecule has 1 amide bonds. The SMILES string of the molecule is CCCCNC(=O)CSc1nc2cc(C(=O)OC)ccc2c(=O)n1CCc1ccccc1. The summed E-state index contributed by atoms with van der Waals surface area (Å²) in [6.07, 6.45) is 2.58. The van der Waals surface area contributed by atoms with E-state index in [2.05, 4.69) is 17.2 Å². The maximum Gasteiger partial charge on any atom is 0.337 e. The number of unbranched alkanes of at least 4 members (excludes halogenated alkanes) is 1. The van der Waals surface area contributed by atoms with E-state index in [0.29, 0.717) is 41.1 Å². The molecule has 0 aliphatic carbocycles. The van der Waals surface area contributed by atoms with E-state index in [-0.39, 0.29) is 17.2 Å². The van der Waals surface area contributed by atoms with Gasteiger partial charge in [0.25, 0.3) is 5.56 Å². The van der Waals surface area contributed by atoms with Gasteiger partial charge in [0.2, 0.25) is 5.91 Å². The molecule has 0 unspecified atom stereocenters. The second-order valence-electron chi connectivity index (χ2n) is 7.30. The van der Waals surface area contributed by atoms with Crippen LogP contribution in [0, 0.1) is 0 Å². The lowest BCUT2D eigenvalue weighted by molar-refractivity contribution is -0.118. The first-order valence-electron chi connectivity index (χ1n) is 10.6. The molecular formula is C24H27N3O4S. The Bertz CT molecular complexity index is 1150. The van der Waals surface area contributed by atoms with Crippen molar-refractivity contribution in [2.24, 2.45) is 0 Å². The summed E-state index contributed by atoms with van der Waals surface area (Å²) in [6.45, 7) is 3.13. The second-order valence-corrected chi connectivity index (χ2v) is 8.24. The molecule has 1 aromatic heterocycles. The van der Waals surface area contributed by atoms with Crippen molar-refractivity contribution >= 4 is 34.5 Å². The van der Waals surface area contributed by atoms with Crippen molar-refractivity contribution < 1.29 is 14.3 Å². The third-order valence-electron chi connectivity index (χ3n) is 4.99. The average molecular weight is 454 g/mol. The highest BCUT2D eigenvalue weighted by Crippen LogP contribution is 2.20. The zero-order valence-electron chi connectivity index (χ0n) is 18.3. The van der Waals surface area contributed by atoms with Crippen molar-refractivity contribution in [3.63, 3.8) is 0 Å². The van der Waals surface area contributed by atoms with Crippen molar-refractivity contribution in [1.82, 2.24) is 14.9 Å². The van der Waals surface area contributed by atoms with E-state index in [9.17, 15) is 14.4 Å². The number of carbonyl (C=O) groups is 2. The molecule has 0 saturated heterocycles. The third kappa shape index (κ3) is 5.97. The first-order valence-corrected chi connectivity index (χ1v) is 11.6. The monoisotopic (exact) mass is 453 g/mol. The molecule has 1 N–H and O–H groups in total. The van der Waals surface area contributed by atoms with Crippen LogP contribution in [0.2, 0.25) is 0 Å². The second kappa shape index (κ2) is 11.5. The van der Waals surface area contributed by atoms with Crippen LogP contribution in [0.4, 0.5) is 0 Å². The summed E-state index contributed by atoms with van der Waals surface area (Å²) in [5.41, 5.74) is 1.63. The molecule has 8 heteroatoms. The number of carbonyl (C=O) groups excluding carboxylic acids is 2. The Kier molecular flexibility index (Phi) is 8.44. The van der Waals surface area contributed by atoms with Gasteiger partial charge < -0.3 is 10.1 Å². The number of aromatic nitrogens is 2. The summed E-state index contributed by atoms with van der Waals surface area (Å²) in [5, 5.41) is 3.75. The lowest BCUT2D eigenvalue weighted by Gasteiger charge is -2.14. The van der Waals surface area contributed by atoms with Gasteiger partial charge in [0.15, 0.2) is 5.16 Å². The smallest absolute Gasteiger partial charge is 0.337 e. The predicted molar refractivity (Wildman–Crippen MR) is 126 cm³/mol. The van der Waals surface area contributed by atoms with Crippen LogP contribution in [0.1, 0.15) is 35.7 Å². The van der Waals surface area contributed by atoms with Gasteiger partial charge in [-0.25, -0.2) is 9.78 Å². The van der Waals surface area contributed by atoms with Crippen LogP contribution in [0.5, 0.6) is 0 Å². The van der Waals surface area contributed by atoms with E-state index < -0.39 is 5.97 Å². The van der Waals surface area contributed by atoms with Crippen molar-refractivity contribution in [2.75, 3.05) is 19.4 Å². The van der Waals surface area contributed by atoms with E-state index in [0.717, 1.165) is 18.4 Å². The maximum absolute atomic E-state index is 13.3. The number of hydrogen-bond donors (Lipinski definition) is 1. The van der Waals surface area contributed by atoms with Gasteiger partial charge in [0.05, 0.1) is 29.3 Å². The summed E-state index contributed by atoms with van der Waals surface area (Å²) < 4.78 is 6.38. The Morgan fingerprint density at radius 1 is 1.16 bits per heavy atom. The number of hydrogen-bond acceptors (Lipinski definition) is 6. The van der Waals surface area contributed by atoms with Crippen molar-refractivity contribution in [1.29, 1.82) is 0 Å². The number of thioether (sulfide) groups is 1. The molecule has 0 aliphatic rings. The number of amides is 1. The van der Waals surface area contributed by atoms with Crippen LogP contribution < -0.4 is 10.9 Å². The number of benzene rings is 2. The van der Waals surface area contributed by atoms with Crippen LogP contribution in [0.25, 0.3) is 10.9 Å². The number of methoxy groups -OCH3 is 1. The molecule has 168 valence electrons. The zero-order chi connectivity index (χ0) is 22.9. The van der Waals surface area contributed by atoms with Crippen LogP contribution in [-0.2, 0) is 22.5 Å². The molecule has 0 fully saturated rings. The topological polar surface area (TPSA) is 90.3 Å². The minimum absolute atomic E-state index is 0.101. The highest BCUT2D eigenvalue weighted by atomic mass is 32.2. The van der Waals surface area contributed by atoms with E-state index in [1.807, 2.05) is 30.3 Å². The Labute approximate surface area is 191 Å². The summed E-state index contributed by atoms with van der Waals surface area (Å²) in [7, 11) is 1.31. The lowest BCUT2D eigenvalue weighted by Crippen LogP contribution is -2.28. The highest BCUT2D eigenvalue weighted by Gasteiger charge is 2.15. The van der Waals surface area contributed by atoms with Gasteiger partial charge in [-0.2, -0.15) is 0 Å². The Balaban J connectivity index is 1.92. The number of ether oxygens (including phenoxy) is 1. The zero-order valence-corrected chi connectivity index (χ0v) is 19.1. The lowest BCUT2D eigenvalue weighted by atomic mass is 10.1. The van der Waals surface area contributed by atoms with Gasteiger partial charge >= 0.3 is 5.97 Å². The number of aryl methyl sites for hydroxylation is 1. The first kappa shape index (κ1) is 23.5. The van der Waals surface area contributed by atoms with E-state index in [1.165, 1.54) is 18.9 Å². The van der Waals surface area contributed by atoms with Crippen molar-refractivity contribution in [3.05, 3.63) is 70.0 Å². The summed E-state index contributed by atoms with van der Waals surface area (Å²) in [5.74, 6) is -0.439. The number of nitrogens with zero attached hydrogens (tertiary/aromatic N) is 2. The first-order chi connectivity index (χ1) is 15.5. The van der Waals surface area contributed by atoms with Gasteiger partial charge in [-0.05, 0) is 36.6 Å². The van der Waals surface area contributed by atoms with E-state index >= 15 is 0 Å². The quantitative estimate of drug-likeness (QED) is 0.219. The largest absolute Gasteiger partial charge is 0.465 e. The highest BCUT2D eigenvalue weighted by molar-refractivity contribution is 7.99. The fourth-order valence-corrected chi connectivity index (χ4v) is 4.08. The molecule has 0 saturated carbocycles. The summed E-state index contributed by atoms with van der Waals surface area (Å²) in [4.78, 5) is 42.0. The number of esters is 1. The molecular weight excluding hydrogens is 426 g/mol. The molecule has 0 spiro atoms. The minimum Gasteiger partial charge on any atom is -0.465 e. The van der Waals surface area contributed by atoms with Gasteiger partial charge in [-0.1, -0.05) is 55.4 Å². The predicted octanol–water partition coefficient (Wildman–Crippen LogP) is 3.43. The van der Waals surface area contributed by atoms with Crippen LogP contribution >= 0.6 is 11.8 Å². The molecule has 1 heterocycles. The van der Waals surface area contributed by atoms with E-state index in [1.54, 1.807) is 22.8 Å². The average Bonchev–Trinajstić information content (AvgIpc) is 2.82. The van der Waals surface area contributed by atoms with Crippen LogP contribution in [0.15, 0.2) is 58.5 Å². The van der Waals surface area contributed by atoms with Gasteiger partial charge in [-0.3, -0.25) is 14.2 Å². The molecule has 7 nitrogen and oxygen atoms in total. The van der Waals surface area contributed by atoms with Gasteiger partial charge in [-0.15, -0.1) is 0 Å². The molecule has 2 aromatic carbocycles. The number of rotatable bonds is 10. The van der Waals surface area contributed by atoms with Crippen molar-refractivity contribution in [3.8, 4) is 0 Å². The van der Waals surface area contributed by atoms with Crippen LogP contribution in [-0.4, -0.2) is 40.8 Å². The van der Waals surface area contributed by atoms with Crippen molar-refractivity contribution in [2.45, 2.75) is 37.9 Å². The van der Waals surface area contributed by atoms with Gasteiger partial charge in [0, 0.05) is 13.1 Å². The summed E-state index contributed by atoms with van der Waals surface area (Å²) >= 11 is 1.22. The molecule has 3 rings (SSSR count). The Hall–Kier alpha value is -3.13. The third-order valence-corrected chi connectivity index (χ3v) is 5.97. The minimum atomic E-state index is -0.494. The molecule has 0 bridgehead atoms. The Morgan fingerprint density at radius 2 is 1.94 bits per heavy atom.